The van der Waals surface area contributed by atoms with E-state index in [2.05, 4.69) is 38.2 Å². The van der Waals surface area contributed by atoms with Crippen LogP contribution in [-0.2, 0) is 6.54 Å². The summed E-state index contributed by atoms with van der Waals surface area (Å²) in [4.78, 5) is 14.7. The van der Waals surface area contributed by atoms with Crippen LogP contribution in [0.4, 0.5) is 0 Å². The first kappa shape index (κ1) is 15.6. The van der Waals surface area contributed by atoms with Crippen LogP contribution in [0, 0.1) is 0 Å². The van der Waals surface area contributed by atoms with Crippen LogP contribution in [-0.4, -0.2) is 23.6 Å². The molecule has 0 unspecified atom stereocenters. The maximum Gasteiger partial charge on any atom is 0.267 e. The van der Waals surface area contributed by atoms with E-state index in [-0.39, 0.29) is 5.91 Å². The lowest BCUT2D eigenvalue weighted by Gasteiger charge is -2.08. The van der Waals surface area contributed by atoms with Gasteiger partial charge in [0.15, 0.2) is 0 Å². The van der Waals surface area contributed by atoms with Crippen LogP contribution < -0.4 is 5.32 Å². The van der Waals surface area contributed by atoms with Gasteiger partial charge in [-0.05, 0) is 46.8 Å². The molecule has 0 saturated heterocycles. The molecule has 19 heavy (non-hydrogen) atoms. The molecule has 1 aromatic heterocycles. The molecule has 0 fully saturated rings. The highest BCUT2D eigenvalue weighted by Crippen LogP contribution is 2.15. The molecular formula is C12H18BrN5O. The summed E-state index contributed by atoms with van der Waals surface area (Å²) in [6, 6.07) is 1.82. The first-order chi connectivity index (χ1) is 9.19. The van der Waals surface area contributed by atoms with Gasteiger partial charge in [0.2, 0.25) is 0 Å². The van der Waals surface area contributed by atoms with Crippen molar-refractivity contribution in [2.24, 2.45) is 5.11 Å². The Morgan fingerprint density at radius 1 is 1.58 bits per heavy atom. The molecule has 0 aromatic carbocycles. The van der Waals surface area contributed by atoms with Crippen molar-refractivity contribution in [2.45, 2.75) is 32.7 Å². The minimum Gasteiger partial charge on any atom is -0.351 e. The number of halogens is 1. The quantitative estimate of drug-likeness (QED) is 0.337. The molecule has 0 bridgehead atoms. The average Bonchev–Trinajstić information content (AvgIpc) is 2.75. The second-order valence-electron chi connectivity index (χ2n) is 4.15. The third-order valence-corrected chi connectivity index (χ3v) is 3.03. The minimum atomic E-state index is -0.0667. The molecule has 0 aliphatic carbocycles. The van der Waals surface area contributed by atoms with Crippen LogP contribution in [0.2, 0.25) is 0 Å². The van der Waals surface area contributed by atoms with Crippen molar-refractivity contribution in [1.82, 2.24) is 9.88 Å². The molecule has 0 radical (unpaired) electrons. The van der Waals surface area contributed by atoms with E-state index in [1.807, 2.05) is 16.8 Å². The maximum absolute atomic E-state index is 12.0. The Kier molecular flexibility index (Phi) is 7.07. The Balaban J connectivity index is 2.42. The van der Waals surface area contributed by atoms with E-state index < -0.39 is 0 Å². The number of azide groups is 1. The Hall–Kier alpha value is -1.46. The topological polar surface area (TPSA) is 82.8 Å². The van der Waals surface area contributed by atoms with Crippen molar-refractivity contribution in [1.29, 1.82) is 0 Å². The van der Waals surface area contributed by atoms with Crippen LogP contribution in [0.1, 0.15) is 36.7 Å². The summed E-state index contributed by atoms with van der Waals surface area (Å²) in [6.07, 6.45) is 4.48. The molecule has 104 valence electrons. The average molecular weight is 328 g/mol. The SMILES string of the molecule is CCCn1cc(Br)cc1C(=O)NCCCCN=[N+]=[N-]. The standard InChI is InChI=1S/C12H18BrN5O/c1-2-7-18-9-10(13)8-11(18)12(19)15-5-3-4-6-16-17-14/h8-9H,2-7H2,1H3,(H,15,19). The number of hydrogen-bond donors (Lipinski definition) is 1. The van der Waals surface area contributed by atoms with E-state index in [1.165, 1.54) is 0 Å². The summed E-state index contributed by atoms with van der Waals surface area (Å²) in [5, 5.41) is 6.32. The van der Waals surface area contributed by atoms with Crippen LogP contribution in [0.15, 0.2) is 21.9 Å². The van der Waals surface area contributed by atoms with Crippen LogP contribution in [0.25, 0.3) is 10.4 Å². The van der Waals surface area contributed by atoms with Gasteiger partial charge in [0.05, 0.1) is 0 Å². The largest absolute Gasteiger partial charge is 0.351 e. The predicted molar refractivity (Wildman–Crippen MR) is 78.0 cm³/mol. The molecule has 0 atom stereocenters. The molecular weight excluding hydrogens is 310 g/mol. The zero-order chi connectivity index (χ0) is 14.1. The molecule has 0 spiro atoms. The van der Waals surface area contributed by atoms with Gasteiger partial charge in [-0.3, -0.25) is 4.79 Å². The fourth-order valence-corrected chi connectivity index (χ4v) is 2.20. The van der Waals surface area contributed by atoms with E-state index >= 15 is 0 Å². The van der Waals surface area contributed by atoms with Gasteiger partial charge < -0.3 is 9.88 Å². The molecule has 7 heteroatoms. The summed E-state index contributed by atoms with van der Waals surface area (Å²) < 4.78 is 2.86. The lowest BCUT2D eigenvalue weighted by atomic mass is 10.3. The second kappa shape index (κ2) is 8.61. The molecule has 1 N–H and O–H groups in total. The number of aryl methyl sites for hydroxylation is 1. The number of nitrogens with zero attached hydrogens (tertiary/aromatic N) is 4. The van der Waals surface area contributed by atoms with E-state index in [4.69, 9.17) is 5.53 Å². The van der Waals surface area contributed by atoms with Crippen LogP contribution >= 0.6 is 15.9 Å². The van der Waals surface area contributed by atoms with Crippen molar-refractivity contribution >= 4 is 21.8 Å². The third kappa shape index (κ3) is 5.36. The maximum atomic E-state index is 12.0. The fraction of sp³-hybridized carbons (Fsp3) is 0.583. The molecule has 1 aromatic rings. The summed E-state index contributed by atoms with van der Waals surface area (Å²) >= 11 is 3.38. The third-order valence-electron chi connectivity index (χ3n) is 2.59. The van der Waals surface area contributed by atoms with Gasteiger partial charge in [0, 0.05) is 35.2 Å². The zero-order valence-electron chi connectivity index (χ0n) is 11.0. The van der Waals surface area contributed by atoms with Gasteiger partial charge in [0.1, 0.15) is 5.69 Å². The summed E-state index contributed by atoms with van der Waals surface area (Å²) in [5.41, 5.74) is 8.79. The highest BCUT2D eigenvalue weighted by atomic mass is 79.9. The highest BCUT2D eigenvalue weighted by Gasteiger charge is 2.11. The normalized spacial score (nSPS) is 10.0. The Bertz CT molecular complexity index is 465. The van der Waals surface area contributed by atoms with Crippen LogP contribution in [0.3, 0.4) is 0 Å². The molecule has 0 aliphatic rings. The molecule has 1 heterocycles. The zero-order valence-corrected chi connectivity index (χ0v) is 12.6. The highest BCUT2D eigenvalue weighted by molar-refractivity contribution is 9.10. The van der Waals surface area contributed by atoms with Crippen molar-refractivity contribution in [3.05, 3.63) is 32.9 Å². The number of carbonyl (C=O) groups excluding carboxylic acids is 1. The lowest BCUT2D eigenvalue weighted by molar-refractivity contribution is 0.0943. The molecule has 1 rings (SSSR count). The van der Waals surface area contributed by atoms with Gasteiger partial charge in [-0.15, -0.1) is 0 Å². The molecule has 1 amide bonds. The monoisotopic (exact) mass is 327 g/mol. The van der Waals surface area contributed by atoms with Crippen LogP contribution in [0.5, 0.6) is 0 Å². The Morgan fingerprint density at radius 2 is 2.37 bits per heavy atom. The molecule has 0 saturated carbocycles. The first-order valence-electron chi connectivity index (χ1n) is 6.33. The number of aromatic nitrogens is 1. The second-order valence-corrected chi connectivity index (χ2v) is 5.07. The van der Waals surface area contributed by atoms with Gasteiger partial charge >= 0.3 is 0 Å². The number of amides is 1. The number of rotatable bonds is 8. The van der Waals surface area contributed by atoms with E-state index in [0.717, 1.165) is 30.3 Å². The van der Waals surface area contributed by atoms with E-state index in [9.17, 15) is 4.79 Å². The van der Waals surface area contributed by atoms with Gasteiger partial charge in [-0.2, -0.15) is 0 Å². The molecule has 0 aliphatic heterocycles. The molecule has 6 nitrogen and oxygen atoms in total. The number of hydrogen-bond acceptors (Lipinski definition) is 2. The lowest BCUT2D eigenvalue weighted by Crippen LogP contribution is -2.26. The van der Waals surface area contributed by atoms with Crippen molar-refractivity contribution in [3.8, 4) is 0 Å². The van der Waals surface area contributed by atoms with Crippen molar-refractivity contribution < 1.29 is 4.79 Å². The first-order valence-corrected chi connectivity index (χ1v) is 7.13. The summed E-state index contributed by atoms with van der Waals surface area (Å²) in [6.45, 7) is 3.97. The smallest absolute Gasteiger partial charge is 0.267 e. The van der Waals surface area contributed by atoms with Crippen molar-refractivity contribution in [3.63, 3.8) is 0 Å². The van der Waals surface area contributed by atoms with E-state index in [1.54, 1.807) is 0 Å². The van der Waals surface area contributed by atoms with Gasteiger partial charge in [-0.1, -0.05) is 12.0 Å². The Morgan fingerprint density at radius 3 is 3.05 bits per heavy atom. The Labute approximate surface area is 120 Å². The van der Waals surface area contributed by atoms with Gasteiger partial charge in [0.25, 0.3) is 5.91 Å². The number of carbonyl (C=O) groups is 1. The minimum absolute atomic E-state index is 0.0667. The predicted octanol–water partition coefficient (Wildman–Crippen LogP) is 3.48. The fourth-order valence-electron chi connectivity index (χ4n) is 1.74. The van der Waals surface area contributed by atoms with Crippen molar-refractivity contribution in [2.75, 3.05) is 13.1 Å². The summed E-state index contributed by atoms with van der Waals surface area (Å²) in [5.74, 6) is -0.0667. The van der Waals surface area contributed by atoms with E-state index in [0.29, 0.717) is 18.8 Å². The van der Waals surface area contributed by atoms with Gasteiger partial charge in [-0.25, -0.2) is 0 Å². The summed E-state index contributed by atoms with van der Waals surface area (Å²) in [7, 11) is 0. The number of nitrogens with one attached hydrogen (secondary N) is 1. The number of unbranched alkanes of at least 4 members (excludes halogenated alkanes) is 1.